The van der Waals surface area contributed by atoms with Crippen molar-refractivity contribution < 1.29 is 18.3 Å². The molecule has 0 aliphatic rings. The first-order valence-electron chi connectivity index (χ1n) is 8.85. The van der Waals surface area contributed by atoms with Gasteiger partial charge in [-0.2, -0.15) is 5.10 Å². The molecule has 0 atom stereocenters. The van der Waals surface area contributed by atoms with Crippen molar-refractivity contribution in [2.45, 2.75) is 0 Å². The predicted octanol–water partition coefficient (Wildman–Crippen LogP) is 4.20. The monoisotopic (exact) mass is 407 g/mol. The van der Waals surface area contributed by atoms with Gasteiger partial charge in [0.2, 0.25) is 0 Å². The van der Waals surface area contributed by atoms with E-state index >= 15 is 0 Å². The molecule has 1 amide bonds. The molecule has 4 aromatic rings. The summed E-state index contributed by atoms with van der Waals surface area (Å²) in [7, 11) is 1.63. The fraction of sp³-hybridized carbons (Fsp3) is 0.0476. The van der Waals surface area contributed by atoms with Gasteiger partial charge < -0.3 is 10.1 Å². The second-order valence-electron chi connectivity index (χ2n) is 6.29. The Labute approximate surface area is 170 Å². The van der Waals surface area contributed by atoms with E-state index < -0.39 is 11.7 Å². The van der Waals surface area contributed by atoms with Crippen molar-refractivity contribution >= 4 is 11.6 Å². The molecule has 7 nitrogen and oxygen atoms in total. The van der Waals surface area contributed by atoms with E-state index in [1.165, 1.54) is 41.3 Å². The normalized spacial score (nSPS) is 10.6. The summed E-state index contributed by atoms with van der Waals surface area (Å²) in [6.07, 6.45) is 2.69. The number of ether oxygens (including phenoxy) is 1. The topological polar surface area (TPSA) is 81.9 Å². The van der Waals surface area contributed by atoms with Gasteiger partial charge >= 0.3 is 6.01 Å². The summed E-state index contributed by atoms with van der Waals surface area (Å²) in [6, 6.07) is 13.2. The Morgan fingerprint density at radius 2 is 1.73 bits per heavy atom. The van der Waals surface area contributed by atoms with Crippen molar-refractivity contribution in [1.29, 1.82) is 0 Å². The zero-order valence-electron chi connectivity index (χ0n) is 15.7. The van der Waals surface area contributed by atoms with Gasteiger partial charge in [0.05, 0.1) is 23.8 Å². The van der Waals surface area contributed by atoms with Crippen molar-refractivity contribution in [1.82, 2.24) is 19.7 Å². The van der Waals surface area contributed by atoms with E-state index in [0.717, 1.165) is 0 Å². The minimum absolute atomic E-state index is 0.00232. The molecule has 9 heteroatoms. The van der Waals surface area contributed by atoms with Crippen LogP contribution >= 0.6 is 0 Å². The van der Waals surface area contributed by atoms with Crippen molar-refractivity contribution in [3.63, 3.8) is 0 Å². The molecule has 0 aliphatic heterocycles. The third-order valence-electron chi connectivity index (χ3n) is 4.18. The Morgan fingerprint density at radius 1 is 1.03 bits per heavy atom. The average molecular weight is 407 g/mol. The van der Waals surface area contributed by atoms with E-state index in [1.807, 2.05) is 0 Å². The smallest absolute Gasteiger partial charge is 0.322 e. The lowest BCUT2D eigenvalue weighted by atomic mass is 10.1. The Bertz CT molecular complexity index is 1190. The molecule has 1 N–H and O–H groups in total. The van der Waals surface area contributed by atoms with Crippen molar-refractivity contribution in [2.75, 3.05) is 5.32 Å². The van der Waals surface area contributed by atoms with Gasteiger partial charge in [-0.25, -0.2) is 18.7 Å². The number of benzene rings is 2. The molecule has 150 valence electrons. The number of hydrogen-bond donors (Lipinski definition) is 1. The molecular formula is C21H15F2N5O2. The quantitative estimate of drug-likeness (QED) is 0.536. The summed E-state index contributed by atoms with van der Waals surface area (Å²) < 4.78 is 33.4. The third kappa shape index (κ3) is 4.14. The number of aryl methyl sites for hydroxylation is 1. The number of anilines is 1. The molecule has 2 aromatic heterocycles. The van der Waals surface area contributed by atoms with E-state index in [2.05, 4.69) is 20.4 Å². The van der Waals surface area contributed by atoms with Gasteiger partial charge in [0, 0.05) is 12.6 Å². The molecule has 0 saturated heterocycles. The number of rotatable bonds is 5. The van der Waals surface area contributed by atoms with Crippen LogP contribution in [0.25, 0.3) is 11.3 Å². The molecular weight excluding hydrogens is 392 g/mol. The number of halogens is 2. The van der Waals surface area contributed by atoms with Crippen LogP contribution in [-0.2, 0) is 7.05 Å². The molecule has 4 rings (SSSR count). The number of nitrogens with one attached hydrogen (secondary N) is 1. The number of hydrogen-bond acceptors (Lipinski definition) is 5. The number of amides is 1. The molecule has 2 aromatic carbocycles. The summed E-state index contributed by atoms with van der Waals surface area (Å²) in [5.41, 5.74) is 1.84. The second-order valence-corrected chi connectivity index (χ2v) is 6.29. The molecule has 0 aliphatic carbocycles. The molecule has 0 radical (unpaired) electrons. The standard InChI is InChI=1S/C21H15F2N5O2/c1-28-18(10-17(27-28)13-6-8-14(22)9-7-13)20(29)26-15-11-24-21(25-12-15)30-19-5-3-2-4-16(19)23/h2-12H,1H3,(H,26,29). The van der Waals surface area contributed by atoms with E-state index in [9.17, 15) is 13.6 Å². The highest BCUT2D eigenvalue weighted by molar-refractivity contribution is 6.03. The zero-order chi connectivity index (χ0) is 21.1. The zero-order valence-corrected chi connectivity index (χ0v) is 15.7. The second kappa shape index (κ2) is 8.08. The Kier molecular flexibility index (Phi) is 5.17. The van der Waals surface area contributed by atoms with E-state index in [0.29, 0.717) is 22.6 Å². The van der Waals surface area contributed by atoms with Crippen LogP contribution in [0.3, 0.4) is 0 Å². The average Bonchev–Trinajstić information content (AvgIpc) is 3.13. The fourth-order valence-corrected chi connectivity index (χ4v) is 2.70. The summed E-state index contributed by atoms with van der Waals surface area (Å²) in [4.78, 5) is 20.5. The number of aromatic nitrogens is 4. The predicted molar refractivity (Wildman–Crippen MR) is 105 cm³/mol. The van der Waals surface area contributed by atoms with Crippen LogP contribution in [0.1, 0.15) is 10.5 Å². The summed E-state index contributed by atoms with van der Waals surface area (Å²) >= 11 is 0. The Hall–Kier alpha value is -4.14. The minimum Gasteiger partial charge on any atom is -0.421 e. The molecule has 0 fully saturated rings. The summed E-state index contributed by atoms with van der Waals surface area (Å²) in [5.74, 6) is -1.32. The fourth-order valence-electron chi connectivity index (χ4n) is 2.70. The van der Waals surface area contributed by atoms with Crippen molar-refractivity contribution in [2.24, 2.45) is 7.05 Å². The summed E-state index contributed by atoms with van der Waals surface area (Å²) in [6.45, 7) is 0. The third-order valence-corrected chi connectivity index (χ3v) is 4.18. The highest BCUT2D eigenvalue weighted by Gasteiger charge is 2.15. The Balaban J connectivity index is 1.46. The van der Waals surface area contributed by atoms with E-state index in [-0.39, 0.29) is 17.6 Å². The van der Waals surface area contributed by atoms with Gasteiger partial charge in [-0.3, -0.25) is 9.48 Å². The lowest BCUT2D eigenvalue weighted by Crippen LogP contribution is -2.16. The van der Waals surface area contributed by atoms with Gasteiger partial charge in [0.25, 0.3) is 5.91 Å². The first kappa shape index (κ1) is 19.2. The maximum atomic E-state index is 13.6. The van der Waals surface area contributed by atoms with Crippen LogP contribution in [-0.4, -0.2) is 25.7 Å². The number of para-hydroxylation sites is 1. The van der Waals surface area contributed by atoms with E-state index in [4.69, 9.17) is 4.74 Å². The number of carbonyl (C=O) groups excluding carboxylic acids is 1. The van der Waals surface area contributed by atoms with Crippen molar-refractivity contribution in [3.05, 3.63) is 84.3 Å². The first-order valence-corrected chi connectivity index (χ1v) is 8.85. The van der Waals surface area contributed by atoms with Gasteiger partial charge in [-0.05, 0) is 42.5 Å². The van der Waals surface area contributed by atoms with Gasteiger partial charge in [-0.1, -0.05) is 12.1 Å². The van der Waals surface area contributed by atoms with Crippen LogP contribution < -0.4 is 10.1 Å². The minimum atomic E-state index is -0.536. The van der Waals surface area contributed by atoms with Gasteiger partial charge in [0.1, 0.15) is 11.5 Å². The molecule has 2 heterocycles. The van der Waals surface area contributed by atoms with Gasteiger partial charge in [-0.15, -0.1) is 0 Å². The SMILES string of the molecule is Cn1nc(-c2ccc(F)cc2)cc1C(=O)Nc1cnc(Oc2ccccc2F)nc1. The molecule has 30 heavy (non-hydrogen) atoms. The van der Waals surface area contributed by atoms with Crippen LogP contribution in [0.4, 0.5) is 14.5 Å². The molecule has 0 spiro atoms. The highest BCUT2D eigenvalue weighted by Crippen LogP contribution is 2.22. The van der Waals surface area contributed by atoms with Crippen LogP contribution in [0.5, 0.6) is 11.8 Å². The summed E-state index contributed by atoms with van der Waals surface area (Å²) in [5, 5.41) is 6.95. The van der Waals surface area contributed by atoms with Crippen molar-refractivity contribution in [3.8, 4) is 23.0 Å². The lowest BCUT2D eigenvalue weighted by Gasteiger charge is -2.07. The molecule has 0 saturated carbocycles. The Morgan fingerprint density at radius 3 is 2.43 bits per heavy atom. The largest absolute Gasteiger partial charge is 0.421 e. The number of nitrogens with zero attached hydrogens (tertiary/aromatic N) is 4. The number of carbonyl (C=O) groups is 1. The first-order chi connectivity index (χ1) is 14.5. The van der Waals surface area contributed by atoms with Crippen LogP contribution in [0.15, 0.2) is 67.0 Å². The van der Waals surface area contributed by atoms with Gasteiger partial charge in [0.15, 0.2) is 11.6 Å². The van der Waals surface area contributed by atoms with Crippen LogP contribution in [0, 0.1) is 11.6 Å². The highest BCUT2D eigenvalue weighted by atomic mass is 19.1. The molecule has 0 bridgehead atoms. The lowest BCUT2D eigenvalue weighted by molar-refractivity contribution is 0.101. The molecule has 0 unspecified atom stereocenters. The van der Waals surface area contributed by atoms with Crippen LogP contribution in [0.2, 0.25) is 0 Å². The maximum absolute atomic E-state index is 13.6. The maximum Gasteiger partial charge on any atom is 0.322 e. The van der Waals surface area contributed by atoms with E-state index in [1.54, 1.807) is 37.4 Å².